The van der Waals surface area contributed by atoms with Gasteiger partial charge in [-0.1, -0.05) is 47.7 Å². The van der Waals surface area contributed by atoms with E-state index in [0.717, 1.165) is 54.1 Å². The standard InChI is InChI=1S/C23H28N4OS2/c1-17-5-7-18(8-6-17)9-10-19-11-13-27(14-12-19)21(28)16-30-23-25-24-22(26(23)2)20-4-3-15-29-20/h3-8,15,19H,9-14,16H2,1-2H3. The molecule has 7 heteroatoms. The predicted molar refractivity (Wildman–Crippen MR) is 124 cm³/mol. The van der Waals surface area contributed by atoms with E-state index in [0.29, 0.717) is 5.75 Å². The lowest BCUT2D eigenvalue weighted by molar-refractivity contribution is -0.129. The second-order valence-electron chi connectivity index (χ2n) is 7.98. The van der Waals surface area contributed by atoms with Crippen molar-refractivity contribution in [3.8, 4) is 10.7 Å². The first-order valence-electron chi connectivity index (χ1n) is 10.5. The number of hydrogen-bond acceptors (Lipinski definition) is 5. The number of piperidine rings is 1. The summed E-state index contributed by atoms with van der Waals surface area (Å²) < 4.78 is 1.97. The third-order valence-electron chi connectivity index (χ3n) is 5.83. The first-order valence-corrected chi connectivity index (χ1v) is 12.4. The monoisotopic (exact) mass is 440 g/mol. The summed E-state index contributed by atoms with van der Waals surface area (Å²) in [7, 11) is 1.96. The summed E-state index contributed by atoms with van der Waals surface area (Å²) in [5.74, 6) is 2.20. The van der Waals surface area contributed by atoms with E-state index < -0.39 is 0 Å². The highest BCUT2D eigenvalue weighted by Crippen LogP contribution is 2.27. The minimum Gasteiger partial charge on any atom is -0.342 e. The number of carbonyl (C=O) groups is 1. The number of hydrogen-bond donors (Lipinski definition) is 0. The average Bonchev–Trinajstić information content (AvgIpc) is 3.42. The fourth-order valence-electron chi connectivity index (χ4n) is 3.88. The van der Waals surface area contributed by atoms with Crippen molar-refractivity contribution < 1.29 is 4.79 Å². The third-order valence-corrected chi connectivity index (χ3v) is 7.70. The number of thioether (sulfide) groups is 1. The number of carbonyl (C=O) groups excluding carboxylic acids is 1. The number of aromatic nitrogens is 3. The van der Waals surface area contributed by atoms with Gasteiger partial charge in [-0.2, -0.15) is 0 Å². The van der Waals surface area contributed by atoms with Crippen molar-refractivity contribution >= 4 is 29.0 Å². The topological polar surface area (TPSA) is 51.0 Å². The number of thiophene rings is 1. The first-order chi connectivity index (χ1) is 14.6. The molecule has 0 unspecified atom stereocenters. The van der Waals surface area contributed by atoms with Crippen molar-refractivity contribution in [1.82, 2.24) is 19.7 Å². The van der Waals surface area contributed by atoms with Crippen LogP contribution in [0.25, 0.3) is 10.7 Å². The van der Waals surface area contributed by atoms with Gasteiger partial charge in [0.05, 0.1) is 10.6 Å². The van der Waals surface area contributed by atoms with Crippen LogP contribution in [0.15, 0.2) is 46.9 Å². The maximum Gasteiger partial charge on any atom is 0.233 e. The normalized spacial score (nSPS) is 14.9. The molecule has 0 saturated carbocycles. The summed E-state index contributed by atoms with van der Waals surface area (Å²) in [4.78, 5) is 15.8. The molecule has 0 bridgehead atoms. The van der Waals surface area contributed by atoms with E-state index in [9.17, 15) is 4.79 Å². The molecular formula is C23H28N4OS2. The van der Waals surface area contributed by atoms with Crippen LogP contribution in [0.2, 0.25) is 0 Å². The van der Waals surface area contributed by atoms with Crippen LogP contribution in [-0.4, -0.2) is 44.4 Å². The highest BCUT2D eigenvalue weighted by atomic mass is 32.2. The van der Waals surface area contributed by atoms with E-state index in [-0.39, 0.29) is 5.91 Å². The van der Waals surface area contributed by atoms with Gasteiger partial charge in [0.1, 0.15) is 0 Å². The summed E-state index contributed by atoms with van der Waals surface area (Å²) in [6.45, 7) is 3.87. The molecule has 0 radical (unpaired) electrons. The van der Waals surface area contributed by atoms with E-state index in [1.54, 1.807) is 11.3 Å². The van der Waals surface area contributed by atoms with Gasteiger partial charge in [-0.25, -0.2) is 0 Å². The Morgan fingerprint density at radius 1 is 1.17 bits per heavy atom. The molecule has 4 rings (SSSR count). The lowest BCUT2D eigenvalue weighted by atomic mass is 9.90. The second-order valence-corrected chi connectivity index (χ2v) is 9.87. The lowest BCUT2D eigenvalue weighted by Gasteiger charge is -2.32. The van der Waals surface area contributed by atoms with Crippen LogP contribution < -0.4 is 0 Å². The molecule has 1 fully saturated rings. The summed E-state index contributed by atoms with van der Waals surface area (Å²) in [6, 6.07) is 12.9. The summed E-state index contributed by atoms with van der Waals surface area (Å²) in [5, 5.41) is 11.4. The van der Waals surface area contributed by atoms with Crippen molar-refractivity contribution in [3.63, 3.8) is 0 Å². The Labute approximate surface area is 186 Å². The molecule has 30 heavy (non-hydrogen) atoms. The number of benzene rings is 1. The van der Waals surface area contributed by atoms with Crippen molar-refractivity contribution in [2.45, 2.75) is 37.8 Å². The molecule has 1 aliphatic heterocycles. The fourth-order valence-corrected chi connectivity index (χ4v) is 5.43. The number of aryl methyl sites for hydroxylation is 2. The van der Waals surface area contributed by atoms with E-state index >= 15 is 0 Å². The Bertz CT molecular complexity index is 958. The van der Waals surface area contributed by atoms with Crippen molar-refractivity contribution in [2.75, 3.05) is 18.8 Å². The van der Waals surface area contributed by atoms with Crippen LogP contribution in [0.1, 0.15) is 30.4 Å². The number of likely N-dealkylation sites (tertiary alicyclic amines) is 1. The molecule has 0 spiro atoms. The Morgan fingerprint density at radius 3 is 2.63 bits per heavy atom. The fraction of sp³-hybridized carbons (Fsp3) is 0.435. The maximum absolute atomic E-state index is 12.7. The molecule has 158 valence electrons. The molecule has 1 saturated heterocycles. The Kier molecular flexibility index (Phi) is 6.89. The van der Waals surface area contributed by atoms with Gasteiger partial charge in [-0.3, -0.25) is 4.79 Å². The van der Waals surface area contributed by atoms with Crippen molar-refractivity contribution in [2.24, 2.45) is 13.0 Å². The Hall–Kier alpha value is -2.12. The highest BCUT2D eigenvalue weighted by Gasteiger charge is 2.23. The van der Waals surface area contributed by atoms with Gasteiger partial charge in [0.2, 0.25) is 5.91 Å². The minimum atomic E-state index is 0.206. The van der Waals surface area contributed by atoms with Crippen LogP contribution in [0.3, 0.4) is 0 Å². The molecule has 1 aromatic carbocycles. The number of nitrogens with zero attached hydrogens (tertiary/aromatic N) is 4. The number of amides is 1. The van der Waals surface area contributed by atoms with Crippen LogP contribution in [0.5, 0.6) is 0 Å². The van der Waals surface area contributed by atoms with E-state index in [1.165, 1.54) is 29.3 Å². The van der Waals surface area contributed by atoms with Gasteiger partial charge in [0, 0.05) is 20.1 Å². The van der Waals surface area contributed by atoms with Crippen LogP contribution in [0, 0.1) is 12.8 Å². The average molecular weight is 441 g/mol. The van der Waals surface area contributed by atoms with Gasteiger partial charge in [-0.05, 0) is 55.5 Å². The minimum absolute atomic E-state index is 0.206. The van der Waals surface area contributed by atoms with Crippen LogP contribution in [0.4, 0.5) is 0 Å². The molecule has 3 aromatic rings. The van der Waals surface area contributed by atoms with Gasteiger partial charge < -0.3 is 9.47 Å². The first kappa shape index (κ1) is 21.1. The lowest BCUT2D eigenvalue weighted by Crippen LogP contribution is -2.39. The quantitative estimate of drug-likeness (QED) is 0.495. The Balaban J connectivity index is 1.21. The highest BCUT2D eigenvalue weighted by molar-refractivity contribution is 7.99. The summed E-state index contributed by atoms with van der Waals surface area (Å²) in [6.07, 6.45) is 4.56. The summed E-state index contributed by atoms with van der Waals surface area (Å²) in [5.41, 5.74) is 2.73. The molecule has 0 aliphatic carbocycles. The van der Waals surface area contributed by atoms with Gasteiger partial charge in [-0.15, -0.1) is 21.5 Å². The van der Waals surface area contributed by atoms with Crippen molar-refractivity contribution in [3.05, 3.63) is 52.9 Å². The molecular weight excluding hydrogens is 412 g/mol. The smallest absolute Gasteiger partial charge is 0.233 e. The molecule has 0 N–H and O–H groups in total. The molecule has 1 amide bonds. The zero-order valence-electron chi connectivity index (χ0n) is 17.6. The zero-order valence-corrected chi connectivity index (χ0v) is 19.2. The largest absolute Gasteiger partial charge is 0.342 e. The Morgan fingerprint density at radius 2 is 1.93 bits per heavy atom. The summed E-state index contributed by atoms with van der Waals surface area (Å²) >= 11 is 3.13. The third kappa shape index (κ3) is 5.13. The molecule has 0 atom stereocenters. The second kappa shape index (κ2) is 9.79. The maximum atomic E-state index is 12.7. The van der Waals surface area contributed by atoms with Gasteiger partial charge in [0.15, 0.2) is 11.0 Å². The SMILES string of the molecule is Cc1ccc(CCC2CCN(C(=O)CSc3nnc(-c4cccs4)n3C)CC2)cc1. The van der Waals surface area contributed by atoms with E-state index in [2.05, 4.69) is 41.4 Å². The van der Waals surface area contributed by atoms with E-state index in [1.807, 2.05) is 34.0 Å². The van der Waals surface area contributed by atoms with Crippen molar-refractivity contribution in [1.29, 1.82) is 0 Å². The van der Waals surface area contributed by atoms with Crippen LogP contribution >= 0.6 is 23.1 Å². The predicted octanol–water partition coefficient (Wildman–Crippen LogP) is 4.82. The molecule has 5 nitrogen and oxygen atoms in total. The molecule has 3 heterocycles. The molecule has 1 aliphatic rings. The molecule has 2 aromatic heterocycles. The zero-order chi connectivity index (χ0) is 20.9. The van der Waals surface area contributed by atoms with E-state index in [4.69, 9.17) is 0 Å². The van der Waals surface area contributed by atoms with Gasteiger partial charge >= 0.3 is 0 Å². The number of rotatable bonds is 7. The van der Waals surface area contributed by atoms with Crippen LogP contribution in [-0.2, 0) is 18.3 Å². The van der Waals surface area contributed by atoms with Gasteiger partial charge in [0.25, 0.3) is 0 Å².